The minimum Gasteiger partial charge on any atom is -0.478 e. The molecule has 0 aromatic heterocycles. The first-order valence-corrected chi connectivity index (χ1v) is 5.51. The SMILES string of the molecule is C=CC(=O)OC1=Cc2ccc(C(=O)O)cc2CC1.[HH]. The molecule has 1 aromatic carbocycles. The number of hydrogen-bond acceptors (Lipinski definition) is 3. The Hall–Kier alpha value is -2.36. The van der Waals surface area contributed by atoms with Crippen molar-refractivity contribution in [2.24, 2.45) is 0 Å². The number of allylic oxidation sites excluding steroid dienone is 1. The smallest absolute Gasteiger partial charge is 0.335 e. The Balaban J connectivity index is 0.00000180. The fourth-order valence-electron chi connectivity index (χ4n) is 1.85. The van der Waals surface area contributed by atoms with E-state index in [0.29, 0.717) is 18.6 Å². The molecule has 1 aliphatic carbocycles. The van der Waals surface area contributed by atoms with Gasteiger partial charge in [-0.3, -0.25) is 0 Å². The number of aryl methyl sites for hydroxylation is 1. The molecule has 0 atom stereocenters. The summed E-state index contributed by atoms with van der Waals surface area (Å²) in [5.41, 5.74) is 2.11. The topological polar surface area (TPSA) is 63.6 Å². The van der Waals surface area contributed by atoms with Crippen molar-refractivity contribution in [1.29, 1.82) is 0 Å². The number of carboxylic acid groups (broad SMARTS) is 1. The van der Waals surface area contributed by atoms with Gasteiger partial charge in [-0.15, -0.1) is 0 Å². The van der Waals surface area contributed by atoms with Crippen LogP contribution in [0.3, 0.4) is 0 Å². The third-order valence-electron chi connectivity index (χ3n) is 2.75. The second-order valence-corrected chi connectivity index (χ2v) is 3.95. The molecule has 94 valence electrons. The number of benzene rings is 1. The molecule has 0 saturated carbocycles. The average molecular weight is 246 g/mol. The standard InChI is InChI=1S/C14H12O4.H2/c1-2-13(15)18-12-6-5-9-7-11(14(16)17)4-3-10(9)8-12;/h2-4,7-8H,1,5-6H2,(H,16,17);1H. The first-order chi connectivity index (χ1) is 8.60. The van der Waals surface area contributed by atoms with E-state index in [-0.39, 0.29) is 6.99 Å². The number of rotatable bonds is 3. The summed E-state index contributed by atoms with van der Waals surface area (Å²) in [6.07, 6.45) is 4.11. The maximum absolute atomic E-state index is 11.1. The fraction of sp³-hybridized carbons (Fsp3) is 0.143. The molecule has 0 bridgehead atoms. The molecule has 18 heavy (non-hydrogen) atoms. The molecule has 0 spiro atoms. The number of fused-ring (bicyclic) bond motifs is 1. The highest BCUT2D eigenvalue weighted by atomic mass is 16.5. The Morgan fingerprint density at radius 3 is 2.83 bits per heavy atom. The summed E-state index contributed by atoms with van der Waals surface area (Å²) in [5, 5.41) is 8.89. The fourth-order valence-corrected chi connectivity index (χ4v) is 1.85. The first kappa shape index (κ1) is 12.1. The van der Waals surface area contributed by atoms with E-state index in [2.05, 4.69) is 6.58 Å². The molecule has 0 unspecified atom stereocenters. The highest BCUT2D eigenvalue weighted by molar-refractivity contribution is 5.88. The van der Waals surface area contributed by atoms with Crippen LogP contribution in [0, 0.1) is 0 Å². The lowest BCUT2D eigenvalue weighted by Gasteiger charge is -2.16. The van der Waals surface area contributed by atoms with Gasteiger partial charge in [-0.1, -0.05) is 12.6 Å². The summed E-state index contributed by atoms with van der Waals surface area (Å²) >= 11 is 0. The molecule has 0 fully saturated rings. The number of carboxylic acids is 1. The quantitative estimate of drug-likeness (QED) is 0.657. The van der Waals surface area contributed by atoms with E-state index >= 15 is 0 Å². The van der Waals surface area contributed by atoms with Crippen molar-refractivity contribution < 1.29 is 20.9 Å². The lowest BCUT2D eigenvalue weighted by Crippen LogP contribution is -2.07. The van der Waals surface area contributed by atoms with Crippen molar-refractivity contribution in [1.82, 2.24) is 0 Å². The van der Waals surface area contributed by atoms with E-state index in [1.165, 1.54) is 6.07 Å². The largest absolute Gasteiger partial charge is 0.478 e. The number of carbonyl (C=O) groups excluding carboxylic acids is 1. The third kappa shape index (κ3) is 2.48. The van der Waals surface area contributed by atoms with Crippen LogP contribution in [-0.4, -0.2) is 17.0 Å². The van der Waals surface area contributed by atoms with Crippen molar-refractivity contribution in [3.05, 3.63) is 53.3 Å². The van der Waals surface area contributed by atoms with Crippen LogP contribution >= 0.6 is 0 Å². The Morgan fingerprint density at radius 2 is 2.17 bits per heavy atom. The minimum atomic E-state index is -0.939. The maximum Gasteiger partial charge on any atom is 0.335 e. The van der Waals surface area contributed by atoms with Gasteiger partial charge in [0.05, 0.1) is 5.56 Å². The zero-order chi connectivity index (χ0) is 13.1. The summed E-state index contributed by atoms with van der Waals surface area (Å²) in [4.78, 5) is 21.9. The predicted octanol–water partition coefficient (Wildman–Crippen LogP) is 2.65. The Morgan fingerprint density at radius 1 is 1.39 bits per heavy atom. The lowest BCUT2D eigenvalue weighted by atomic mass is 9.94. The van der Waals surface area contributed by atoms with E-state index in [1.807, 2.05) is 0 Å². The van der Waals surface area contributed by atoms with Gasteiger partial charge in [-0.05, 0) is 35.8 Å². The monoisotopic (exact) mass is 246 g/mol. The van der Waals surface area contributed by atoms with Crippen LogP contribution in [-0.2, 0) is 16.0 Å². The molecule has 0 radical (unpaired) electrons. The Bertz CT molecular complexity index is 561. The first-order valence-electron chi connectivity index (χ1n) is 5.51. The molecule has 0 saturated heterocycles. The normalized spacial score (nSPS) is 13.2. The summed E-state index contributed by atoms with van der Waals surface area (Å²) in [6.45, 7) is 3.33. The van der Waals surface area contributed by atoms with E-state index < -0.39 is 11.9 Å². The molecule has 1 N–H and O–H groups in total. The second-order valence-electron chi connectivity index (χ2n) is 3.95. The van der Waals surface area contributed by atoms with Crippen LogP contribution in [0.5, 0.6) is 0 Å². The van der Waals surface area contributed by atoms with Gasteiger partial charge in [0.15, 0.2) is 0 Å². The summed E-state index contributed by atoms with van der Waals surface area (Å²) in [5.74, 6) is -0.840. The predicted molar refractivity (Wildman–Crippen MR) is 68.1 cm³/mol. The van der Waals surface area contributed by atoms with E-state index in [4.69, 9.17) is 9.84 Å². The van der Waals surface area contributed by atoms with Crippen LogP contribution in [0.1, 0.15) is 29.3 Å². The molecule has 4 heteroatoms. The highest BCUT2D eigenvalue weighted by Crippen LogP contribution is 2.25. The summed E-state index contributed by atoms with van der Waals surface area (Å²) in [7, 11) is 0. The van der Waals surface area contributed by atoms with Gasteiger partial charge in [0, 0.05) is 13.9 Å². The highest BCUT2D eigenvalue weighted by Gasteiger charge is 2.15. The van der Waals surface area contributed by atoms with Gasteiger partial charge in [0.2, 0.25) is 0 Å². The van der Waals surface area contributed by atoms with Crippen molar-refractivity contribution in [2.45, 2.75) is 12.8 Å². The molecule has 0 heterocycles. The zero-order valence-electron chi connectivity index (χ0n) is 9.68. The average Bonchev–Trinajstić information content (AvgIpc) is 2.37. The van der Waals surface area contributed by atoms with Crippen LogP contribution in [0.15, 0.2) is 36.6 Å². The Kier molecular flexibility index (Phi) is 3.28. The number of ether oxygens (including phenoxy) is 1. The second kappa shape index (κ2) is 4.87. The number of esters is 1. The van der Waals surface area contributed by atoms with Crippen molar-refractivity contribution in [3.8, 4) is 0 Å². The molecule has 4 nitrogen and oxygen atoms in total. The lowest BCUT2D eigenvalue weighted by molar-refractivity contribution is -0.133. The third-order valence-corrected chi connectivity index (χ3v) is 2.75. The van der Waals surface area contributed by atoms with Crippen molar-refractivity contribution in [2.75, 3.05) is 0 Å². The molecule has 1 aliphatic rings. The maximum atomic E-state index is 11.1. The van der Waals surface area contributed by atoms with E-state index in [1.54, 1.807) is 18.2 Å². The van der Waals surface area contributed by atoms with E-state index in [9.17, 15) is 9.59 Å². The Labute approximate surface area is 106 Å². The van der Waals surface area contributed by atoms with Gasteiger partial charge in [-0.25, -0.2) is 9.59 Å². The van der Waals surface area contributed by atoms with Crippen LogP contribution in [0.4, 0.5) is 0 Å². The van der Waals surface area contributed by atoms with E-state index in [0.717, 1.165) is 17.2 Å². The number of aromatic carboxylic acids is 1. The van der Waals surface area contributed by atoms with Crippen molar-refractivity contribution >= 4 is 18.0 Å². The van der Waals surface area contributed by atoms with Gasteiger partial charge < -0.3 is 9.84 Å². The zero-order valence-corrected chi connectivity index (χ0v) is 9.68. The van der Waals surface area contributed by atoms with Gasteiger partial charge in [-0.2, -0.15) is 0 Å². The van der Waals surface area contributed by atoms with Crippen molar-refractivity contribution in [3.63, 3.8) is 0 Å². The molecule has 0 aliphatic heterocycles. The van der Waals surface area contributed by atoms with Gasteiger partial charge in [0.1, 0.15) is 5.76 Å². The molecule has 2 rings (SSSR count). The van der Waals surface area contributed by atoms with Crippen LogP contribution < -0.4 is 0 Å². The molecular weight excluding hydrogens is 232 g/mol. The minimum absolute atomic E-state index is 0. The number of hydrogen-bond donors (Lipinski definition) is 1. The number of carbonyl (C=O) groups is 2. The molecule has 1 aromatic rings. The van der Waals surface area contributed by atoms with Gasteiger partial charge >= 0.3 is 11.9 Å². The summed E-state index contributed by atoms with van der Waals surface area (Å²) in [6, 6.07) is 4.91. The molecular formula is C14H14O4. The van der Waals surface area contributed by atoms with Crippen LogP contribution in [0.2, 0.25) is 0 Å². The molecule has 0 amide bonds. The van der Waals surface area contributed by atoms with Crippen LogP contribution in [0.25, 0.3) is 6.08 Å². The summed E-state index contributed by atoms with van der Waals surface area (Å²) < 4.78 is 5.06. The van der Waals surface area contributed by atoms with Gasteiger partial charge in [0.25, 0.3) is 0 Å².